The zero-order valence-corrected chi connectivity index (χ0v) is 9.53. The van der Waals surface area contributed by atoms with Gasteiger partial charge in [0, 0.05) is 31.2 Å². The molecule has 0 aromatic carbocycles. The zero-order valence-electron chi connectivity index (χ0n) is 9.53. The maximum atomic E-state index is 11.3. The third-order valence-corrected chi connectivity index (χ3v) is 3.30. The van der Waals surface area contributed by atoms with E-state index in [1.807, 2.05) is 0 Å². The minimum Gasteiger partial charge on any atom is -0.469 e. The number of ether oxygens (including phenoxy) is 1. The molecule has 0 radical (unpaired) electrons. The fourth-order valence-corrected chi connectivity index (χ4v) is 2.30. The van der Waals surface area contributed by atoms with Gasteiger partial charge in [-0.1, -0.05) is 0 Å². The second kappa shape index (κ2) is 4.49. The van der Waals surface area contributed by atoms with Gasteiger partial charge in [-0.2, -0.15) is 0 Å². The van der Waals surface area contributed by atoms with Crippen molar-refractivity contribution in [3.8, 4) is 0 Å². The summed E-state index contributed by atoms with van der Waals surface area (Å²) in [5, 5.41) is 3.42. The first-order valence-electron chi connectivity index (χ1n) is 5.76. The number of esters is 1. The van der Waals surface area contributed by atoms with E-state index >= 15 is 0 Å². The van der Waals surface area contributed by atoms with Gasteiger partial charge in [0.2, 0.25) is 0 Å². The third kappa shape index (κ3) is 2.69. The van der Waals surface area contributed by atoms with Crippen molar-refractivity contribution in [2.75, 3.05) is 20.2 Å². The molecule has 1 saturated heterocycles. The first-order chi connectivity index (χ1) is 7.20. The Balaban J connectivity index is 1.92. The first kappa shape index (κ1) is 10.9. The van der Waals surface area contributed by atoms with Gasteiger partial charge in [-0.25, -0.2) is 0 Å². The Labute approximate surface area is 91.0 Å². The lowest BCUT2D eigenvalue weighted by atomic mass is 10.1. The Morgan fingerprint density at radius 1 is 1.53 bits per heavy atom. The van der Waals surface area contributed by atoms with Gasteiger partial charge in [0.1, 0.15) is 0 Å². The summed E-state index contributed by atoms with van der Waals surface area (Å²) in [6.07, 6.45) is 3.11. The van der Waals surface area contributed by atoms with Gasteiger partial charge in [0.05, 0.1) is 13.5 Å². The monoisotopic (exact) mass is 212 g/mol. The summed E-state index contributed by atoms with van der Waals surface area (Å²) < 4.78 is 4.73. The molecule has 4 nitrogen and oxygen atoms in total. The normalized spacial score (nSPS) is 32.7. The summed E-state index contributed by atoms with van der Waals surface area (Å²) in [4.78, 5) is 13.8. The Bertz CT molecular complexity index is 241. The number of carbonyl (C=O) groups is 1. The molecule has 2 unspecified atom stereocenters. The van der Waals surface area contributed by atoms with Crippen LogP contribution in [-0.2, 0) is 9.53 Å². The van der Waals surface area contributed by atoms with Crippen LogP contribution in [0.4, 0.5) is 0 Å². The minimum atomic E-state index is -0.0954. The summed E-state index contributed by atoms with van der Waals surface area (Å²) in [6, 6.07) is 1.60. The SMILES string of the molecule is COC(=O)CC1CNC(C)CN1C1CC1. The van der Waals surface area contributed by atoms with Crippen LogP contribution in [0.25, 0.3) is 0 Å². The van der Waals surface area contributed by atoms with Crippen molar-refractivity contribution in [1.29, 1.82) is 0 Å². The van der Waals surface area contributed by atoms with Crippen LogP contribution in [-0.4, -0.2) is 49.2 Å². The van der Waals surface area contributed by atoms with E-state index in [-0.39, 0.29) is 5.97 Å². The number of rotatable bonds is 3. The summed E-state index contributed by atoms with van der Waals surface area (Å²) in [5.41, 5.74) is 0. The molecule has 4 heteroatoms. The number of nitrogens with one attached hydrogen (secondary N) is 1. The average Bonchev–Trinajstić information content (AvgIpc) is 3.04. The van der Waals surface area contributed by atoms with Crippen LogP contribution in [0.2, 0.25) is 0 Å². The van der Waals surface area contributed by atoms with Crippen molar-refractivity contribution < 1.29 is 9.53 Å². The highest BCUT2D eigenvalue weighted by Gasteiger charge is 2.37. The molecule has 2 fully saturated rings. The van der Waals surface area contributed by atoms with Gasteiger partial charge in [-0.15, -0.1) is 0 Å². The van der Waals surface area contributed by atoms with Crippen LogP contribution < -0.4 is 5.32 Å². The fraction of sp³-hybridized carbons (Fsp3) is 0.909. The molecular weight excluding hydrogens is 192 g/mol. The largest absolute Gasteiger partial charge is 0.469 e. The van der Waals surface area contributed by atoms with Crippen LogP contribution in [0.3, 0.4) is 0 Å². The minimum absolute atomic E-state index is 0.0954. The van der Waals surface area contributed by atoms with Crippen LogP contribution in [0, 0.1) is 0 Å². The molecule has 2 atom stereocenters. The second-order valence-electron chi connectivity index (χ2n) is 4.67. The molecule has 1 saturated carbocycles. The van der Waals surface area contributed by atoms with Crippen LogP contribution in [0.1, 0.15) is 26.2 Å². The van der Waals surface area contributed by atoms with Crippen molar-refractivity contribution in [2.45, 2.75) is 44.3 Å². The number of hydrogen-bond donors (Lipinski definition) is 1. The number of piperazine rings is 1. The number of nitrogens with zero attached hydrogens (tertiary/aromatic N) is 1. The van der Waals surface area contributed by atoms with Crippen LogP contribution in [0.5, 0.6) is 0 Å². The standard InChI is InChI=1S/C11H20N2O2/c1-8-7-13(9-3-4-9)10(6-12-8)5-11(14)15-2/h8-10,12H,3-7H2,1-2H3. The maximum absolute atomic E-state index is 11.3. The molecular formula is C11H20N2O2. The smallest absolute Gasteiger partial charge is 0.307 e. The summed E-state index contributed by atoms with van der Waals surface area (Å²) in [7, 11) is 1.46. The lowest BCUT2D eigenvalue weighted by molar-refractivity contribution is -0.142. The molecule has 0 aromatic heterocycles. The summed E-state index contributed by atoms with van der Waals surface area (Å²) in [5.74, 6) is -0.0954. The Morgan fingerprint density at radius 2 is 2.27 bits per heavy atom. The van der Waals surface area contributed by atoms with Crippen molar-refractivity contribution in [3.05, 3.63) is 0 Å². The predicted octanol–water partition coefficient (Wildman–Crippen LogP) is 0.374. The quantitative estimate of drug-likeness (QED) is 0.686. The topological polar surface area (TPSA) is 41.6 Å². The van der Waals surface area contributed by atoms with E-state index in [2.05, 4.69) is 17.1 Å². The van der Waals surface area contributed by atoms with Gasteiger partial charge in [0.15, 0.2) is 0 Å². The van der Waals surface area contributed by atoms with E-state index in [0.717, 1.165) is 19.1 Å². The molecule has 2 aliphatic rings. The van der Waals surface area contributed by atoms with E-state index in [1.54, 1.807) is 0 Å². The first-order valence-corrected chi connectivity index (χ1v) is 5.76. The van der Waals surface area contributed by atoms with Crippen molar-refractivity contribution in [2.24, 2.45) is 0 Å². The fourth-order valence-electron chi connectivity index (χ4n) is 2.30. The molecule has 0 spiro atoms. The Hall–Kier alpha value is -0.610. The van der Waals surface area contributed by atoms with E-state index < -0.39 is 0 Å². The highest BCUT2D eigenvalue weighted by molar-refractivity contribution is 5.70. The van der Waals surface area contributed by atoms with E-state index in [1.165, 1.54) is 20.0 Å². The molecule has 0 bridgehead atoms. The van der Waals surface area contributed by atoms with Crippen molar-refractivity contribution in [1.82, 2.24) is 10.2 Å². The highest BCUT2D eigenvalue weighted by Crippen LogP contribution is 2.30. The molecule has 0 amide bonds. The van der Waals surface area contributed by atoms with E-state index in [4.69, 9.17) is 4.74 Å². The molecule has 1 N–H and O–H groups in total. The molecule has 1 heterocycles. The molecule has 86 valence electrons. The molecule has 0 aromatic rings. The second-order valence-corrected chi connectivity index (χ2v) is 4.67. The lowest BCUT2D eigenvalue weighted by Crippen LogP contribution is -2.56. The Morgan fingerprint density at radius 3 is 2.87 bits per heavy atom. The predicted molar refractivity (Wildman–Crippen MR) is 57.6 cm³/mol. The van der Waals surface area contributed by atoms with Crippen LogP contribution >= 0.6 is 0 Å². The molecule has 1 aliphatic carbocycles. The summed E-state index contributed by atoms with van der Waals surface area (Å²) >= 11 is 0. The zero-order chi connectivity index (χ0) is 10.8. The molecule has 15 heavy (non-hydrogen) atoms. The van der Waals surface area contributed by atoms with E-state index in [9.17, 15) is 4.79 Å². The number of methoxy groups -OCH3 is 1. The van der Waals surface area contributed by atoms with Crippen molar-refractivity contribution >= 4 is 5.97 Å². The van der Waals surface area contributed by atoms with Gasteiger partial charge >= 0.3 is 5.97 Å². The average molecular weight is 212 g/mol. The van der Waals surface area contributed by atoms with Gasteiger partial charge in [-0.3, -0.25) is 9.69 Å². The lowest BCUT2D eigenvalue weighted by Gasteiger charge is -2.39. The molecule has 2 rings (SSSR count). The van der Waals surface area contributed by atoms with Crippen molar-refractivity contribution in [3.63, 3.8) is 0 Å². The van der Waals surface area contributed by atoms with Crippen LogP contribution in [0.15, 0.2) is 0 Å². The van der Waals surface area contributed by atoms with E-state index in [0.29, 0.717) is 18.5 Å². The maximum Gasteiger partial charge on any atom is 0.307 e. The van der Waals surface area contributed by atoms with Gasteiger partial charge in [-0.05, 0) is 19.8 Å². The molecule has 1 aliphatic heterocycles. The highest BCUT2D eigenvalue weighted by atomic mass is 16.5. The number of hydrogen-bond acceptors (Lipinski definition) is 4. The Kier molecular flexibility index (Phi) is 3.26. The third-order valence-electron chi connectivity index (χ3n) is 3.30. The summed E-state index contributed by atoms with van der Waals surface area (Å²) in [6.45, 7) is 4.17. The van der Waals surface area contributed by atoms with Gasteiger partial charge in [0.25, 0.3) is 0 Å². The van der Waals surface area contributed by atoms with Gasteiger partial charge < -0.3 is 10.1 Å². The number of carbonyl (C=O) groups excluding carboxylic acids is 1.